The SMILES string of the molecule is O=C(O)[C@H]1CCCC[C@]1(Br)c1ccc(Br)cc1. The van der Waals surface area contributed by atoms with Gasteiger partial charge in [-0.1, -0.05) is 56.8 Å². The third-order valence-electron chi connectivity index (χ3n) is 3.46. The second kappa shape index (κ2) is 5.11. The first-order chi connectivity index (χ1) is 8.04. The van der Waals surface area contributed by atoms with Crippen LogP contribution in [0.2, 0.25) is 0 Å². The van der Waals surface area contributed by atoms with Crippen molar-refractivity contribution in [2.75, 3.05) is 0 Å². The van der Waals surface area contributed by atoms with E-state index in [-0.39, 0.29) is 5.92 Å². The Morgan fingerprint density at radius 2 is 1.94 bits per heavy atom. The van der Waals surface area contributed by atoms with Crippen molar-refractivity contribution in [2.24, 2.45) is 5.92 Å². The van der Waals surface area contributed by atoms with Crippen LogP contribution in [0, 0.1) is 5.92 Å². The second-order valence-corrected chi connectivity index (χ2v) is 6.84. The number of alkyl halides is 1. The number of carboxylic acids is 1. The highest BCUT2D eigenvalue weighted by Crippen LogP contribution is 2.48. The predicted octanol–water partition coefficient (Wildman–Crippen LogP) is 4.31. The number of carbonyl (C=O) groups is 1. The maximum absolute atomic E-state index is 11.4. The lowest BCUT2D eigenvalue weighted by Gasteiger charge is -2.37. The molecule has 0 unspecified atom stereocenters. The Morgan fingerprint density at radius 1 is 1.29 bits per heavy atom. The van der Waals surface area contributed by atoms with E-state index in [9.17, 15) is 9.90 Å². The molecule has 0 aromatic heterocycles. The highest BCUT2D eigenvalue weighted by molar-refractivity contribution is 9.10. The fraction of sp³-hybridized carbons (Fsp3) is 0.462. The zero-order chi connectivity index (χ0) is 12.5. The van der Waals surface area contributed by atoms with E-state index in [4.69, 9.17) is 0 Å². The molecule has 2 nitrogen and oxygen atoms in total. The van der Waals surface area contributed by atoms with Crippen LogP contribution in [0.5, 0.6) is 0 Å². The molecule has 2 atom stereocenters. The minimum atomic E-state index is -0.704. The first kappa shape index (κ1) is 13.1. The van der Waals surface area contributed by atoms with Gasteiger partial charge in [-0.15, -0.1) is 0 Å². The molecule has 2 rings (SSSR count). The van der Waals surface area contributed by atoms with E-state index in [1.54, 1.807) is 0 Å². The van der Waals surface area contributed by atoms with Crippen molar-refractivity contribution < 1.29 is 9.90 Å². The standard InChI is InChI=1S/C13H14Br2O2/c14-10-6-4-9(5-7-10)13(15)8-2-1-3-11(13)12(16)17/h4-7,11H,1-3,8H2,(H,16,17)/t11-,13+/m1/s1. The quantitative estimate of drug-likeness (QED) is 0.796. The number of aliphatic carboxylic acids is 1. The van der Waals surface area contributed by atoms with E-state index in [1.165, 1.54) is 0 Å². The van der Waals surface area contributed by atoms with Gasteiger partial charge in [0.15, 0.2) is 0 Å². The molecule has 1 aromatic carbocycles. The normalized spacial score (nSPS) is 28.9. The number of rotatable bonds is 2. The lowest BCUT2D eigenvalue weighted by atomic mass is 9.75. The molecule has 0 amide bonds. The van der Waals surface area contributed by atoms with E-state index >= 15 is 0 Å². The zero-order valence-electron chi connectivity index (χ0n) is 9.33. The predicted molar refractivity (Wildman–Crippen MR) is 74.3 cm³/mol. The van der Waals surface area contributed by atoms with Crippen LogP contribution in [0.3, 0.4) is 0 Å². The monoisotopic (exact) mass is 360 g/mol. The van der Waals surface area contributed by atoms with Crippen molar-refractivity contribution >= 4 is 37.8 Å². The zero-order valence-corrected chi connectivity index (χ0v) is 12.5. The fourth-order valence-electron chi connectivity index (χ4n) is 2.53. The number of hydrogen-bond donors (Lipinski definition) is 1. The van der Waals surface area contributed by atoms with Gasteiger partial charge in [-0.05, 0) is 30.5 Å². The molecule has 1 N–H and O–H groups in total. The second-order valence-electron chi connectivity index (χ2n) is 4.51. The molecule has 0 bridgehead atoms. The Bertz CT molecular complexity index is 416. The molecule has 0 spiro atoms. The molecule has 0 aliphatic heterocycles. The maximum Gasteiger partial charge on any atom is 0.308 e. The molecule has 1 aliphatic rings. The van der Waals surface area contributed by atoms with Crippen LogP contribution >= 0.6 is 31.9 Å². The van der Waals surface area contributed by atoms with Gasteiger partial charge in [0.1, 0.15) is 0 Å². The summed E-state index contributed by atoms with van der Waals surface area (Å²) in [6.07, 6.45) is 3.70. The van der Waals surface area contributed by atoms with Gasteiger partial charge >= 0.3 is 5.97 Å². The molecule has 4 heteroatoms. The van der Waals surface area contributed by atoms with Crippen molar-refractivity contribution in [2.45, 2.75) is 30.0 Å². The molecule has 1 fully saturated rings. The number of halogens is 2. The van der Waals surface area contributed by atoms with Gasteiger partial charge in [-0.2, -0.15) is 0 Å². The Labute approximate surface area is 118 Å². The van der Waals surface area contributed by atoms with Crippen LogP contribution in [0.1, 0.15) is 31.2 Å². The fourth-order valence-corrected chi connectivity index (χ4v) is 3.76. The number of benzene rings is 1. The molecule has 1 aliphatic carbocycles. The third kappa shape index (κ3) is 2.58. The summed E-state index contributed by atoms with van der Waals surface area (Å²) in [5.41, 5.74) is 1.06. The summed E-state index contributed by atoms with van der Waals surface area (Å²) in [5, 5.41) is 9.35. The van der Waals surface area contributed by atoms with Gasteiger partial charge in [0.25, 0.3) is 0 Å². The Kier molecular flexibility index (Phi) is 3.93. The Hall–Kier alpha value is -0.350. The minimum Gasteiger partial charge on any atom is -0.481 e. The average Bonchev–Trinajstić information content (AvgIpc) is 2.29. The molecule has 1 aromatic rings. The first-order valence-electron chi connectivity index (χ1n) is 5.72. The van der Waals surface area contributed by atoms with Crippen LogP contribution in [0.25, 0.3) is 0 Å². The molecular weight excluding hydrogens is 348 g/mol. The smallest absolute Gasteiger partial charge is 0.308 e. The van der Waals surface area contributed by atoms with E-state index < -0.39 is 10.3 Å². The van der Waals surface area contributed by atoms with Crippen LogP contribution < -0.4 is 0 Å². The van der Waals surface area contributed by atoms with Crippen molar-refractivity contribution in [3.63, 3.8) is 0 Å². The molecule has 0 saturated heterocycles. The molecule has 17 heavy (non-hydrogen) atoms. The first-order valence-corrected chi connectivity index (χ1v) is 7.30. The maximum atomic E-state index is 11.4. The molecule has 92 valence electrons. The summed E-state index contributed by atoms with van der Waals surface area (Å²) in [4.78, 5) is 11.4. The molecule has 0 heterocycles. The number of hydrogen-bond acceptors (Lipinski definition) is 1. The molecule has 1 saturated carbocycles. The van der Waals surface area contributed by atoms with Gasteiger partial charge in [0.05, 0.1) is 10.2 Å². The summed E-state index contributed by atoms with van der Waals surface area (Å²) in [6, 6.07) is 7.93. The number of carboxylic acid groups (broad SMARTS) is 1. The Morgan fingerprint density at radius 3 is 2.53 bits per heavy atom. The highest BCUT2D eigenvalue weighted by Gasteiger charge is 2.44. The van der Waals surface area contributed by atoms with Gasteiger partial charge in [0, 0.05) is 4.47 Å². The van der Waals surface area contributed by atoms with Gasteiger partial charge in [0.2, 0.25) is 0 Å². The summed E-state index contributed by atoms with van der Waals surface area (Å²) in [6.45, 7) is 0. The molecular formula is C13H14Br2O2. The van der Waals surface area contributed by atoms with Crippen molar-refractivity contribution in [1.82, 2.24) is 0 Å². The largest absolute Gasteiger partial charge is 0.481 e. The van der Waals surface area contributed by atoms with Crippen molar-refractivity contribution in [1.29, 1.82) is 0 Å². The van der Waals surface area contributed by atoms with E-state index in [2.05, 4.69) is 31.9 Å². The summed E-state index contributed by atoms with van der Waals surface area (Å²) in [5.74, 6) is -1.04. The van der Waals surface area contributed by atoms with Crippen LogP contribution in [-0.2, 0) is 9.12 Å². The van der Waals surface area contributed by atoms with E-state index in [1.807, 2.05) is 24.3 Å². The van der Waals surface area contributed by atoms with E-state index in [0.29, 0.717) is 0 Å². The molecule has 0 radical (unpaired) electrons. The van der Waals surface area contributed by atoms with Crippen LogP contribution in [0.15, 0.2) is 28.7 Å². The minimum absolute atomic E-state index is 0.336. The lowest BCUT2D eigenvalue weighted by molar-refractivity contribution is -0.144. The van der Waals surface area contributed by atoms with Crippen molar-refractivity contribution in [3.05, 3.63) is 34.3 Å². The summed E-state index contributed by atoms with van der Waals surface area (Å²) in [7, 11) is 0. The van der Waals surface area contributed by atoms with Gasteiger partial charge in [-0.3, -0.25) is 4.79 Å². The van der Waals surface area contributed by atoms with Crippen LogP contribution in [-0.4, -0.2) is 11.1 Å². The lowest BCUT2D eigenvalue weighted by Crippen LogP contribution is -2.37. The average molecular weight is 362 g/mol. The van der Waals surface area contributed by atoms with Crippen LogP contribution in [0.4, 0.5) is 0 Å². The Balaban J connectivity index is 2.37. The van der Waals surface area contributed by atoms with Crippen molar-refractivity contribution in [3.8, 4) is 0 Å². The third-order valence-corrected chi connectivity index (χ3v) is 5.39. The van der Waals surface area contributed by atoms with Gasteiger partial charge < -0.3 is 5.11 Å². The van der Waals surface area contributed by atoms with E-state index in [0.717, 1.165) is 35.7 Å². The summed E-state index contributed by atoms with van der Waals surface area (Å²) >= 11 is 7.10. The highest BCUT2D eigenvalue weighted by atomic mass is 79.9. The summed E-state index contributed by atoms with van der Waals surface area (Å²) < 4.78 is 0.609. The topological polar surface area (TPSA) is 37.3 Å². The van der Waals surface area contributed by atoms with Gasteiger partial charge in [-0.25, -0.2) is 0 Å².